The summed E-state index contributed by atoms with van der Waals surface area (Å²) < 4.78 is 0. The first-order valence-electron chi connectivity index (χ1n) is 5.00. The predicted octanol–water partition coefficient (Wildman–Crippen LogP) is 2.73. The molecule has 0 atom stereocenters. The summed E-state index contributed by atoms with van der Waals surface area (Å²) in [5.41, 5.74) is 1.29. The Bertz CT molecular complexity index is 374. The third-order valence-electron chi connectivity index (χ3n) is 2.27. The van der Waals surface area contributed by atoms with E-state index in [9.17, 15) is 4.79 Å². The van der Waals surface area contributed by atoms with Crippen molar-refractivity contribution in [3.8, 4) is 12.3 Å². The molecule has 1 N–H and O–H groups in total. The molecule has 0 heterocycles. The zero-order valence-corrected chi connectivity index (χ0v) is 8.57. The van der Waals surface area contributed by atoms with Crippen LogP contribution < -0.4 is 0 Å². The van der Waals surface area contributed by atoms with E-state index < -0.39 is 5.97 Å². The molecule has 15 heavy (non-hydrogen) atoms. The van der Waals surface area contributed by atoms with Crippen LogP contribution >= 0.6 is 0 Å². The normalized spacial score (nSPS) is 9.53. The minimum absolute atomic E-state index is 0.401. The van der Waals surface area contributed by atoms with Crippen molar-refractivity contribution in [1.29, 1.82) is 0 Å². The van der Waals surface area contributed by atoms with Gasteiger partial charge in [-0.25, -0.2) is 4.79 Å². The van der Waals surface area contributed by atoms with Crippen molar-refractivity contribution in [2.75, 3.05) is 0 Å². The van der Waals surface area contributed by atoms with Gasteiger partial charge in [0.1, 0.15) is 0 Å². The van der Waals surface area contributed by atoms with Crippen LogP contribution in [0.3, 0.4) is 0 Å². The fraction of sp³-hybridized carbons (Fsp3) is 0.308. The van der Waals surface area contributed by atoms with E-state index in [0.717, 1.165) is 31.2 Å². The zero-order valence-electron chi connectivity index (χ0n) is 8.57. The first-order valence-corrected chi connectivity index (χ1v) is 5.00. The highest BCUT2D eigenvalue weighted by molar-refractivity contribution is 5.89. The van der Waals surface area contributed by atoms with Crippen LogP contribution in [0.4, 0.5) is 0 Å². The average molecular weight is 202 g/mol. The standard InChI is InChI=1S/C13H14O2/c1-2-3-4-5-8-11-9-6-7-10-12(11)13(14)15/h1,6-7,9-10H,3-5,8H2,(H,14,15). The van der Waals surface area contributed by atoms with Crippen LogP contribution in [0.2, 0.25) is 0 Å². The molecule has 1 aromatic rings. The molecule has 0 bridgehead atoms. The van der Waals surface area contributed by atoms with Crippen molar-refractivity contribution in [2.24, 2.45) is 0 Å². The van der Waals surface area contributed by atoms with E-state index in [0.29, 0.717) is 5.56 Å². The molecular weight excluding hydrogens is 188 g/mol. The second kappa shape index (κ2) is 5.87. The minimum Gasteiger partial charge on any atom is -0.478 e. The molecule has 0 aromatic heterocycles. The molecule has 0 aliphatic rings. The predicted molar refractivity (Wildman–Crippen MR) is 59.8 cm³/mol. The summed E-state index contributed by atoms with van der Waals surface area (Å²) in [5, 5.41) is 8.94. The second-order valence-corrected chi connectivity index (χ2v) is 3.37. The number of benzene rings is 1. The van der Waals surface area contributed by atoms with Crippen LogP contribution in [0.1, 0.15) is 35.2 Å². The summed E-state index contributed by atoms with van der Waals surface area (Å²) >= 11 is 0. The number of carboxylic acid groups (broad SMARTS) is 1. The molecule has 1 aromatic carbocycles. The molecule has 0 saturated heterocycles. The molecule has 0 amide bonds. The maximum absolute atomic E-state index is 10.9. The highest BCUT2D eigenvalue weighted by Gasteiger charge is 2.07. The van der Waals surface area contributed by atoms with Gasteiger partial charge in [-0.05, 0) is 30.9 Å². The van der Waals surface area contributed by atoms with E-state index in [1.807, 2.05) is 12.1 Å². The van der Waals surface area contributed by atoms with Gasteiger partial charge in [-0.2, -0.15) is 0 Å². The molecule has 0 aliphatic heterocycles. The van der Waals surface area contributed by atoms with Crippen LogP contribution in [-0.4, -0.2) is 11.1 Å². The number of aromatic carboxylic acids is 1. The lowest BCUT2D eigenvalue weighted by molar-refractivity contribution is 0.0695. The molecule has 0 spiro atoms. The maximum atomic E-state index is 10.9. The molecule has 0 fully saturated rings. The molecule has 2 heteroatoms. The van der Waals surface area contributed by atoms with Crippen LogP contribution in [-0.2, 0) is 6.42 Å². The Morgan fingerprint density at radius 1 is 1.33 bits per heavy atom. The molecular formula is C13H14O2. The van der Waals surface area contributed by atoms with Gasteiger partial charge in [-0.1, -0.05) is 18.2 Å². The van der Waals surface area contributed by atoms with E-state index in [4.69, 9.17) is 11.5 Å². The third-order valence-corrected chi connectivity index (χ3v) is 2.27. The molecule has 0 radical (unpaired) electrons. The fourth-order valence-electron chi connectivity index (χ4n) is 1.49. The minimum atomic E-state index is -0.859. The van der Waals surface area contributed by atoms with Crippen molar-refractivity contribution in [2.45, 2.75) is 25.7 Å². The van der Waals surface area contributed by atoms with E-state index in [1.54, 1.807) is 12.1 Å². The summed E-state index contributed by atoms with van der Waals surface area (Å²) in [5.74, 6) is 1.72. The Labute approximate surface area is 89.9 Å². The van der Waals surface area contributed by atoms with Gasteiger partial charge in [0.05, 0.1) is 5.56 Å². The number of unbranched alkanes of at least 4 members (excludes halogenated alkanes) is 2. The van der Waals surface area contributed by atoms with Crippen LogP contribution in [0.15, 0.2) is 24.3 Å². The van der Waals surface area contributed by atoms with Crippen LogP contribution in [0, 0.1) is 12.3 Å². The number of aryl methyl sites for hydroxylation is 1. The number of carbonyl (C=O) groups is 1. The largest absolute Gasteiger partial charge is 0.478 e. The molecule has 0 aliphatic carbocycles. The molecule has 2 nitrogen and oxygen atoms in total. The van der Waals surface area contributed by atoms with Gasteiger partial charge in [0.2, 0.25) is 0 Å². The van der Waals surface area contributed by atoms with Gasteiger partial charge in [-0.3, -0.25) is 0 Å². The Hall–Kier alpha value is -1.75. The third kappa shape index (κ3) is 3.47. The van der Waals surface area contributed by atoms with E-state index in [-0.39, 0.29) is 0 Å². The maximum Gasteiger partial charge on any atom is 0.335 e. The van der Waals surface area contributed by atoms with Gasteiger partial charge >= 0.3 is 5.97 Å². The van der Waals surface area contributed by atoms with E-state index in [2.05, 4.69) is 5.92 Å². The average Bonchev–Trinajstić information content (AvgIpc) is 2.25. The fourth-order valence-corrected chi connectivity index (χ4v) is 1.49. The molecule has 0 unspecified atom stereocenters. The first-order chi connectivity index (χ1) is 7.25. The first kappa shape index (κ1) is 11.3. The lowest BCUT2D eigenvalue weighted by atomic mass is 10.0. The quantitative estimate of drug-likeness (QED) is 0.588. The van der Waals surface area contributed by atoms with Gasteiger partial charge in [0.25, 0.3) is 0 Å². The SMILES string of the molecule is C#CCCCCc1ccccc1C(=O)O. The van der Waals surface area contributed by atoms with Gasteiger partial charge in [-0.15, -0.1) is 12.3 Å². The number of rotatable bonds is 5. The summed E-state index contributed by atoms with van der Waals surface area (Å²) in [6.07, 6.45) is 8.57. The lowest BCUT2D eigenvalue weighted by Gasteiger charge is -2.04. The van der Waals surface area contributed by atoms with E-state index >= 15 is 0 Å². The second-order valence-electron chi connectivity index (χ2n) is 3.37. The van der Waals surface area contributed by atoms with Crippen molar-refractivity contribution in [1.82, 2.24) is 0 Å². The highest BCUT2D eigenvalue weighted by Crippen LogP contribution is 2.12. The van der Waals surface area contributed by atoms with Gasteiger partial charge in [0, 0.05) is 6.42 Å². The Morgan fingerprint density at radius 2 is 2.07 bits per heavy atom. The lowest BCUT2D eigenvalue weighted by Crippen LogP contribution is -2.01. The molecule has 78 valence electrons. The molecule has 1 rings (SSSR count). The zero-order chi connectivity index (χ0) is 11.1. The number of hydrogen-bond acceptors (Lipinski definition) is 1. The molecule has 0 saturated carbocycles. The highest BCUT2D eigenvalue weighted by atomic mass is 16.4. The Balaban J connectivity index is 2.60. The Kier molecular flexibility index (Phi) is 4.43. The van der Waals surface area contributed by atoms with Crippen molar-refractivity contribution in [3.63, 3.8) is 0 Å². The van der Waals surface area contributed by atoms with Crippen molar-refractivity contribution >= 4 is 5.97 Å². The van der Waals surface area contributed by atoms with Crippen molar-refractivity contribution < 1.29 is 9.90 Å². The van der Waals surface area contributed by atoms with Gasteiger partial charge in [0.15, 0.2) is 0 Å². The van der Waals surface area contributed by atoms with Crippen LogP contribution in [0.25, 0.3) is 0 Å². The summed E-state index contributed by atoms with van der Waals surface area (Å²) in [6, 6.07) is 7.11. The van der Waals surface area contributed by atoms with Crippen molar-refractivity contribution in [3.05, 3.63) is 35.4 Å². The summed E-state index contributed by atoms with van der Waals surface area (Å²) in [4.78, 5) is 10.9. The summed E-state index contributed by atoms with van der Waals surface area (Å²) in [7, 11) is 0. The number of carboxylic acids is 1. The number of terminal acetylenes is 1. The van der Waals surface area contributed by atoms with E-state index in [1.165, 1.54) is 0 Å². The summed E-state index contributed by atoms with van der Waals surface area (Å²) in [6.45, 7) is 0. The van der Waals surface area contributed by atoms with Gasteiger partial charge < -0.3 is 5.11 Å². The monoisotopic (exact) mass is 202 g/mol. The topological polar surface area (TPSA) is 37.3 Å². The Morgan fingerprint density at radius 3 is 2.73 bits per heavy atom. The number of hydrogen-bond donors (Lipinski definition) is 1. The smallest absolute Gasteiger partial charge is 0.335 e. The van der Waals surface area contributed by atoms with Crippen LogP contribution in [0.5, 0.6) is 0 Å².